The van der Waals surface area contributed by atoms with Crippen molar-refractivity contribution in [3.63, 3.8) is 0 Å². The summed E-state index contributed by atoms with van der Waals surface area (Å²) in [5.41, 5.74) is 4.64. The van der Waals surface area contributed by atoms with E-state index in [1.54, 1.807) is 0 Å². The summed E-state index contributed by atoms with van der Waals surface area (Å²) >= 11 is 0. The van der Waals surface area contributed by atoms with Gasteiger partial charge in [-0.2, -0.15) is 0 Å². The maximum Gasteiger partial charge on any atom is 0.142 e. The molecule has 2 aliphatic heterocycles. The van der Waals surface area contributed by atoms with Crippen LogP contribution in [0.25, 0.3) is 0 Å². The Hall–Kier alpha value is -2.12. The van der Waals surface area contributed by atoms with Gasteiger partial charge < -0.3 is 19.7 Å². The monoisotopic (exact) mass is 370 g/mol. The fourth-order valence-corrected chi connectivity index (χ4v) is 3.83. The Kier molecular flexibility index (Phi) is 5.59. The summed E-state index contributed by atoms with van der Waals surface area (Å²) in [6, 6.07) is 12.5. The third kappa shape index (κ3) is 3.94. The van der Waals surface area contributed by atoms with Crippen molar-refractivity contribution in [2.75, 3.05) is 39.8 Å². The molecule has 0 radical (unpaired) electrons. The fraction of sp³-hybridized carbons (Fsp3) is 0.429. The van der Waals surface area contributed by atoms with Crippen LogP contribution in [0, 0.1) is 0 Å². The van der Waals surface area contributed by atoms with Crippen molar-refractivity contribution in [2.45, 2.75) is 19.5 Å². The predicted octanol–water partition coefficient (Wildman–Crippen LogP) is 1.57. The number of aliphatic hydroxyl groups is 2. The molecule has 0 fully saturated rings. The third-order valence-corrected chi connectivity index (χ3v) is 5.14. The molecule has 6 heteroatoms. The van der Waals surface area contributed by atoms with Crippen molar-refractivity contribution in [1.82, 2.24) is 9.80 Å². The van der Waals surface area contributed by atoms with Crippen LogP contribution in [0.2, 0.25) is 0 Å². The highest BCUT2D eigenvalue weighted by atomic mass is 16.5. The fourth-order valence-electron chi connectivity index (χ4n) is 3.83. The van der Waals surface area contributed by atoms with Gasteiger partial charge in [0.05, 0.1) is 13.2 Å². The van der Waals surface area contributed by atoms with Crippen molar-refractivity contribution in [1.29, 1.82) is 0 Å². The number of para-hydroxylation sites is 2. The van der Waals surface area contributed by atoms with Gasteiger partial charge in [0.2, 0.25) is 0 Å². The molecule has 2 aromatic carbocycles. The predicted molar refractivity (Wildman–Crippen MR) is 102 cm³/mol. The van der Waals surface area contributed by atoms with E-state index in [0.717, 1.165) is 53.3 Å². The van der Waals surface area contributed by atoms with Crippen molar-refractivity contribution in [3.8, 4) is 11.5 Å². The van der Waals surface area contributed by atoms with E-state index in [1.165, 1.54) is 0 Å². The topological polar surface area (TPSA) is 65.4 Å². The maximum atomic E-state index is 9.15. The summed E-state index contributed by atoms with van der Waals surface area (Å²) in [5.74, 6) is 1.92. The summed E-state index contributed by atoms with van der Waals surface area (Å²) < 4.78 is 12.0. The van der Waals surface area contributed by atoms with Gasteiger partial charge in [0.25, 0.3) is 0 Å². The molecular weight excluding hydrogens is 344 g/mol. The first-order valence-corrected chi connectivity index (χ1v) is 9.42. The standard InChI is InChI=1S/C21H26N2O4/c24-9-7-22-12-18-5-1-3-16(20(18)26-14-22)11-17-4-2-6-19-13-23(8-10-25)15-27-21(17)19/h1-6,24-25H,7-15H2. The first-order valence-electron chi connectivity index (χ1n) is 9.42. The first-order chi connectivity index (χ1) is 13.3. The number of ether oxygens (including phenoxy) is 2. The van der Waals surface area contributed by atoms with Crippen molar-refractivity contribution >= 4 is 0 Å². The van der Waals surface area contributed by atoms with Gasteiger partial charge in [-0.3, -0.25) is 9.80 Å². The Morgan fingerprint density at radius 3 is 1.67 bits per heavy atom. The Morgan fingerprint density at radius 1 is 0.741 bits per heavy atom. The van der Waals surface area contributed by atoms with Crippen LogP contribution in [0.1, 0.15) is 22.3 Å². The maximum absolute atomic E-state index is 9.15. The highest BCUT2D eigenvalue weighted by Gasteiger charge is 2.23. The van der Waals surface area contributed by atoms with E-state index in [0.29, 0.717) is 26.6 Å². The number of hydrogen-bond donors (Lipinski definition) is 2. The Bertz CT molecular complexity index is 730. The van der Waals surface area contributed by atoms with Crippen LogP contribution in [-0.2, 0) is 19.5 Å². The van der Waals surface area contributed by atoms with Crippen LogP contribution in [0.3, 0.4) is 0 Å². The van der Waals surface area contributed by atoms with E-state index in [2.05, 4.69) is 46.2 Å². The number of β-amino-alcohol motifs (C(OH)–C–C–N with tert-alkyl or cyclic N) is 2. The van der Waals surface area contributed by atoms with Crippen LogP contribution in [-0.4, -0.2) is 59.8 Å². The molecule has 2 N–H and O–H groups in total. The average molecular weight is 370 g/mol. The normalized spacial score (nSPS) is 17.0. The third-order valence-electron chi connectivity index (χ3n) is 5.14. The Morgan fingerprint density at radius 2 is 1.22 bits per heavy atom. The van der Waals surface area contributed by atoms with E-state index < -0.39 is 0 Å². The van der Waals surface area contributed by atoms with Gasteiger partial charge in [0.15, 0.2) is 0 Å². The zero-order valence-corrected chi connectivity index (χ0v) is 15.4. The Balaban J connectivity index is 1.56. The zero-order valence-electron chi connectivity index (χ0n) is 15.4. The molecule has 6 nitrogen and oxygen atoms in total. The van der Waals surface area contributed by atoms with Crippen LogP contribution in [0.15, 0.2) is 36.4 Å². The molecule has 0 unspecified atom stereocenters. The zero-order chi connectivity index (χ0) is 18.6. The van der Waals surface area contributed by atoms with Crippen LogP contribution in [0.5, 0.6) is 11.5 Å². The number of aliphatic hydroxyl groups excluding tert-OH is 2. The second kappa shape index (κ2) is 8.27. The molecule has 0 aliphatic carbocycles. The van der Waals surface area contributed by atoms with E-state index in [4.69, 9.17) is 19.7 Å². The lowest BCUT2D eigenvalue weighted by atomic mass is 9.97. The molecule has 0 saturated carbocycles. The second-order valence-corrected chi connectivity index (χ2v) is 7.09. The minimum absolute atomic E-state index is 0.138. The molecule has 144 valence electrons. The van der Waals surface area contributed by atoms with Crippen molar-refractivity contribution in [2.24, 2.45) is 0 Å². The van der Waals surface area contributed by atoms with Crippen LogP contribution < -0.4 is 9.47 Å². The smallest absolute Gasteiger partial charge is 0.142 e. The molecular formula is C21H26N2O4. The van der Waals surface area contributed by atoms with E-state index in [1.807, 2.05) is 0 Å². The summed E-state index contributed by atoms with van der Waals surface area (Å²) in [6.45, 7) is 4.11. The van der Waals surface area contributed by atoms with E-state index >= 15 is 0 Å². The molecule has 27 heavy (non-hydrogen) atoms. The van der Waals surface area contributed by atoms with Crippen LogP contribution >= 0.6 is 0 Å². The minimum Gasteiger partial charge on any atom is -0.477 e. The average Bonchev–Trinajstić information content (AvgIpc) is 2.69. The van der Waals surface area contributed by atoms with Crippen LogP contribution in [0.4, 0.5) is 0 Å². The lowest BCUT2D eigenvalue weighted by molar-refractivity contribution is 0.0753. The highest BCUT2D eigenvalue weighted by Crippen LogP contribution is 2.35. The number of benzene rings is 2. The van der Waals surface area contributed by atoms with Crippen molar-refractivity contribution in [3.05, 3.63) is 58.7 Å². The number of rotatable bonds is 6. The molecule has 2 aliphatic rings. The summed E-state index contributed by atoms with van der Waals surface area (Å²) in [5, 5.41) is 18.3. The van der Waals surface area contributed by atoms with Crippen molar-refractivity contribution < 1.29 is 19.7 Å². The van der Waals surface area contributed by atoms with E-state index in [-0.39, 0.29) is 13.2 Å². The minimum atomic E-state index is 0.138. The molecule has 0 bridgehead atoms. The summed E-state index contributed by atoms with van der Waals surface area (Å²) in [7, 11) is 0. The molecule has 0 saturated heterocycles. The lowest BCUT2D eigenvalue weighted by Crippen LogP contribution is -2.34. The molecule has 4 rings (SSSR count). The van der Waals surface area contributed by atoms with Gasteiger partial charge in [-0.15, -0.1) is 0 Å². The number of nitrogens with zero attached hydrogens (tertiary/aromatic N) is 2. The van der Waals surface area contributed by atoms with Gasteiger partial charge in [-0.05, 0) is 11.1 Å². The number of hydrogen-bond acceptors (Lipinski definition) is 6. The van der Waals surface area contributed by atoms with Gasteiger partial charge in [-0.25, -0.2) is 0 Å². The second-order valence-electron chi connectivity index (χ2n) is 7.09. The highest BCUT2D eigenvalue weighted by molar-refractivity contribution is 5.49. The first kappa shape index (κ1) is 18.3. The lowest BCUT2D eigenvalue weighted by Gasteiger charge is -2.31. The SMILES string of the molecule is OCCN1COc2c(Cc3cccc4c3OCN(CCO)C4)cccc2C1. The quantitative estimate of drug-likeness (QED) is 0.805. The van der Waals surface area contributed by atoms with Gasteiger partial charge in [-0.1, -0.05) is 36.4 Å². The largest absolute Gasteiger partial charge is 0.477 e. The molecule has 2 heterocycles. The number of fused-ring (bicyclic) bond motifs is 2. The molecule has 0 aromatic heterocycles. The van der Waals surface area contributed by atoms with E-state index in [9.17, 15) is 0 Å². The molecule has 0 spiro atoms. The molecule has 0 atom stereocenters. The van der Waals surface area contributed by atoms with Gasteiger partial charge >= 0.3 is 0 Å². The van der Waals surface area contributed by atoms with Gasteiger partial charge in [0.1, 0.15) is 25.0 Å². The summed E-state index contributed by atoms with van der Waals surface area (Å²) in [6.07, 6.45) is 0.756. The van der Waals surface area contributed by atoms with Gasteiger partial charge in [0, 0.05) is 43.7 Å². The molecule has 0 amide bonds. The Labute approximate surface area is 159 Å². The summed E-state index contributed by atoms with van der Waals surface area (Å²) in [4.78, 5) is 4.19. The molecule has 2 aromatic rings.